The molecule has 110 valence electrons. The standard InChI is InChI=1S/C16H25N3S/c1-16(2,3)17-12-14(20)13-8-7-9-15(18-13)19-10-5-4-6-11-19/h7-9,17H,4-6,10-12H2,1-3H3. The van der Waals surface area contributed by atoms with Crippen molar-refractivity contribution < 1.29 is 0 Å². The molecule has 0 saturated carbocycles. The third-order valence-electron chi connectivity index (χ3n) is 3.48. The van der Waals surface area contributed by atoms with Crippen LogP contribution in [0.1, 0.15) is 45.7 Å². The van der Waals surface area contributed by atoms with Gasteiger partial charge in [-0.15, -0.1) is 0 Å². The lowest BCUT2D eigenvalue weighted by atomic mass is 10.1. The fourth-order valence-corrected chi connectivity index (χ4v) is 2.50. The maximum atomic E-state index is 5.51. The number of anilines is 1. The molecule has 1 aromatic heterocycles. The molecule has 0 bridgehead atoms. The summed E-state index contributed by atoms with van der Waals surface area (Å²) < 4.78 is 0. The molecular weight excluding hydrogens is 266 g/mol. The van der Waals surface area contributed by atoms with Gasteiger partial charge in [-0.2, -0.15) is 0 Å². The largest absolute Gasteiger partial charge is 0.357 e. The summed E-state index contributed by atoms with van der Waals surface area (Å²) in [6.45, 7) is 9.37. The van der Waals surface area contributed by atoms with Crippen molar-refractivity contribution in [3.05, 3.63) is 23.9 Å². The van der Waals surface area contributed by atoms with E-state index in [9.17, 15) is 0 Å². The van der Waals surface area contributed by atoms with Crippen LogP contribution in [0.3, 0.4) is 0 Å². The van der Waals surface area contributed by atoms with Gasteiger partial charge >= 0.3 is 0 Å². The smallest absolute Gasteiger partial charge is 0.129 e. The number of hydrogen-bond donors (Lipinski definition) is 1. The zero-order valence-electron chi connectivity index (χ0n) is 12.8. The average Bonchev–Trinajstić information content (AvgIpc) is 2.45. The van der Waals surface area contributed by atoms with Crippen molar-refractivity contribution in [1.82, 2.24) is 10.3 Å². The van der Waals surface area contributed by atoms with Crippen LogP contribution in [-0.4, -0.2) is 35.0 Å². The molecule has 0 radical (unpaired) electrons. The number of nitrogens with one attached hydrogen (secondary N) is 1. The van der Waals surface area contributed by atoms with Crippen molar-refractivity contribution in [3.8, 4) is 0 Å². The minimum Gasteiger partial charge on any atom is -0.357 e. The highest BCUT2D eigenvalue weighted by atomic mass is 32.1. The zero-order chi connectivity index (χ0) is 14.6. The lowest BCUT2D eigenvalue weighted by Crippen LogP contribution is -2.39. The molecule has 1 N–H and O–H groups in total. The second kappa shape index (κ2) is 6.64. The fraction of sp³-hybridized carbons (Fsp3) is 0.625. The summed E-state index contributed by atoms with van der Waals surface area (Å²) in [5.74, 6) is 1.07. The van der Waals surface area contributed by atoms with Crippen LogP contribution in [0.15, 0.2) is 18.2 Å². The van der Waals surface area contributed by atoms with Crippen molar-refractivity contribution in [2.24, 2.45) is 0 Å². The van der Waals surface area contributed by atoms with E-state index < -0.39 is 0 Å². The molecule has 2 rings (SSSR count). The summed E-state index contributed by atoms with van der Waals surface area (Å²) in [6, 6.07) is 6.17. The van der Waals surface area contributed by atoms with Crippen LogP contribution >= 0.6 is 12.2 Å². The number of pyridine rings is 1. The van der Waals surface area contributed by atoms with Gasteiger partial charge in [-0.1, -0.05) is 18.3 Å². The van der Waals surface area contributed by atoms with Gasteiger partial charge in [-0.3, -0.25) is 0 Å². The summed E-state index contributed by atoms with van der Waals surface area (Å²) in [4.78, 5) is 8.00. The highest BCUT2D eigenvalue weighted by Gasteiger charge is 2.14. The fourth-order valence-electron chi connectivity index (χ4n) is 2.31. The van der Waals surface area contributed by atoms with E-state index in [1.807, 2.05) is 6.07 Å². The van der Waals surface area contributed by atoms with Crippen molar-refractivity contribution in [3.63, 3.8) is 0 Å². The number of thiocarbonyl (C=S) groups is 1. The molecule has 0 spiro atoms. The van der Waals surface area contributed by atoms with Gasteiger partial charge in [0.25, 0.3) is 0 Å². The molecule has 4 heteroatoms. The second-order valence-corrected chi connectivity index (χ2v) is 6.95. The number of rotatable bonds is 4. The van der Waals surface area contributed by atoms with Crippen molar-refractivity contribution in [1.29, 1.82) is 0 Å². The molecule has 1 fully saturated rings. The topological polar surface area (TPSA) is 28.2 Å². The van der Waals surface area contributed by atoms with E-state index >= 15 is 0 Å². The predicted molar refractivity (Wildman–Crippen MR) is 89.8 cm³/mol. The average molecular weight is 291 g/mol. The highest BCUT2D eigenvalue weighted by molar-refractivity contribution is 7.80. The molecule has 1 saturated heterocycles. The normalized spacial score (nSPS) is 16.2. The monoisotopic (exact) mass is 291 g/mol. The lowest BCUT2D eigenvalue weighted by molar-refractivity contribution is 0.456. The Bertz CT molecular complexity index is 459. The first-order chi connectivity index (χ1) is 9.46. The molecule has 2 heterocycles. The SMILES string of the molecule is CC(C)(C)NCC(=S)c1cccc(N2CCCCC2)n1. The first-order valence-electron chi connectivity index (χ1n) is 7.46. The van der Waals surface area contributed by atoms with Gasteiger partial charge in [0.2, 0.25) is 0 Å². The van der Waals surface area contributed by atoms with E-state index in [1.54, 1.807) is 0 Å². The van der Waals surface area contributed by atoms with Crippen LogP contribution in [0, 0.1) is 0 Å². The Morgan fingerprint density at radius 3 is 2.60 bits per heavy atom. The van der Waals surface area contributed by atoms with Crippen molar-refractivity contribution in [2.45, 2.75) is 45.6 Å². The summed E-state index contributed by atoms with van der Waals surface area (Å²) in [5, 5.41) is 3.42. The number of aromatic nitrogens is 1. The van der Waals surface area contributed by atoms with Gasteiger partial charge in [-0.05, 0) is 52.2 Å². The van der Waals surface area contributed by atoms with Gasteiger partial charge in [0, 0.05) is 25.2 Å². The number of nitrogens with zero attached hydrogens (tertiary/aromatic N) is 2. The summed E-state index contributed by atoms with van der Waals surface area (Å²) >= 11 is 5.51. The lowest BCUT2D eigenvalue weighted by Gasteiger charge is -2.28. The van der Waals surface area contributed by atoms with Crippen molar-refractivity contribution >= 4 is 22.9 Å². The first kappa shape index (κ1) is 15.4. The zero-order valence-corrected chi connectivity index (χ0v) is 13.6. The highest BCUT2D eigenvalue weighted by Crippen LogP contribution is 2.18. The van der Waals surface area contributed by atoms with Crippen LogP contribution in [0.2, 0.25) is 0 Å². The van der Waals surface area contributed by atoms with E-state index in [1.165, 1.54) is 19.3 Å². The van der Waals surface area contributed by atoms with E-state index in [4.69, 9.17) is 17.2 Å². The first-order valence-corrected chi connectivity index (χ1v) is 7.87. The molecule has 0 aromatic carbocycles. The molecule has 3 nitrogen and oxygen atoms in total. The van der Waals surface area contributed by atoms with E-state index in [2.05, 4.69) is 43.1 Å². The third-order valence-corrected chi connectivity index (χ3v) is 3.83. The van der Waals surface area contributed by atoms with Crippen LogP contribution < -0.4 is 10.2 Å². The van der Waals surface area contributed by atoms with E-state index in [0.717, 1.165) is 29.5 Å². The van der Waals surface area contributed by atoms with Gasteiger partial charge in [0.05, 0.1) is 10.6 Å². The Hall–Kier alpha value is -1.00. The molecular formula is C16H25N3S. The maximum absolute atomic E-state index is 5.51. The van der Waals surface area contributed by atoms with Crippen LogP contribution in [0.25, 0.3) is 0 Å². The van der Waals surface area contributed by atoms with Gasteiger partial charge in [0.1, 0.15) is 5.82 Å². The van der Waals surface area contributed by atoms with Gasteiger partial charge in [0.15, 0.2) is 0 Å². The third kappa shape index (κ3) is 4.53. The molecule has 20 heavy (non-hydrogen) atoms. The minimum atomic E-state index is 0.0779. The van der Waals surface area contributed by atoms with Crippen molar-refractivity contribution in [2.75, 3.05) is 24.5 Å². The Balaban J connectivity index is 2.03. The van der Waals surface area contributed by atoms with E-state index in [-0.39, 0.29) is 5.54 Å². The number of hydrogen-bond acceptors (Lipinski definition) is 4. The van der Waals surface area contributed by atoms with Crippen LogP contribution in [0.4, 0.5) is 5.82 Å². The molecule has 0 amide bonds. The van der Waals surface area contributed by atoms with Crippen LogP contribution in [0.5, 0.6) is 0 Å². The summed E-state index contributed by atoms with van der Waals surface area (Å²) in [7, 11) is 0. The predicted octanol–water partition coefficient (Wildman–Crippen LogP) is 3.18. The van der Waals surface area contributed by atoms with Gasteiger partial charge in [-0.25, -0.2) is 4.98 Å². The van der Waals surface area contributed by atoms with E-state index in [0.29, 0.717) is 6.54 Å². The Morgan fingerprint density at radius 2 is 1.95 bits per heavy atom. The Kier molecular flexibility index (Phi) is 5.11. The molecule has 0 atom stereocenters. The Labute approximate surface area is 127 Å². The molecule has 1 aromatic rings. The summed E-state index contributed by atoms with van der Waals surface area (Å²) in [6.07, 6.45) is 3.87. The molecule has 1 aliphatic heterocycles. The summed E-state index contributed by atoms with van der Waals surface area (Å²) in [5.41, 5.74) is 1.01. The Morgan fingerprint density at radius 1 is 1.25 bits per heavy atom. The maximum Gasteiger partial charge on any atom is 0.129 e. The van der Waals surface area contributed by atoms with Gasteiger partial charge < -0.3 is 10.2 Å². The molecule has 0 unspecified atom stereocenters. The molecule has 1 aliphatic rings. The number of piperidine rings is 1. The quantitative estimate of drug-likeness (QED) is 0.681. The van der Waals surface area contributed by atoms with Crippen LogP contribution in [-0.2, 0) is 0 Å². The minimum absolute atomic E-state index is 0.0779. The molecule has 0 aliphatic carbocycles. The second-order valence-electron chi connectivity index (χ2n) is 6.46.